The van der Waals surface area contributed by atoms with E-state index in [9.17, 15) is 45.9 Å². The zero-order valence-electron chi connectivity index (χ0n) is 27.7. The molecule has 268 valence electrons. The van der Waals surface area contributed by atoms with Crippen LogP contribution in [0.1, 0.15) is 61.3 Å². The van der Waals surface area contributed by atoms with Gasteiger partial charge < -0.3 is 15.0 Å². The standard InChI is InChI=1S/C32H44F5N5O6/c1-19(2)24(38-27(44)21-8-10-22(11-9-21)30(47)40(5)13-14-41-15-17-48-18-16-41)29(46)39-28(45)23-7-6-12-42(23)25(20(3)4)26(43)31(33,34)32(35,36)37/h8-11,19-20,23-25H,6-7,12-18H2,1-5H3,(H,38,44)(H,39,45,46)/t23-,24-,25?/m0/s1. The van der Waals surface area contributed by atoms with E-state index in [1.54, 1.807) is 25.8 Å². The van der Waals surface area contributed by atoms with Gasteiger partial charge in [0.05, 0.1) is 25.3 Å². The van der Waals surface area contributed by atoms with Gasteiger partial charge in [-0.25, -0.2) is 0 Å². The van der Waals surface area contributed by atoms with Crippen LogP contribution in [0.5, 0.6) is 0 Å². The third-order valence-corrected chi connectivity index (χ3v) is 8.60. The molecule has 48 heavy (non-hydrogen) atoms. The summed E-state index contributed by atoms with van der Waals surface area (Å²) >= 11 is 0. The van der Waals surface area contributed by atoms with Crippen LogP contribution in [-0.4, -0.2) is 127 Å². The molecule has 3 rings (SSSR count). The summed E-state index contributed by atoms with van der Waals surface area (Å²) in [4.78, 5) is 69.6. The van der Waals surface area contributed by atoms with Crippen LogP contribution in [0.4, 0.5) is 22.0 Å². The lowest BCUT2D eigenvalue weighted by Gasteiger charge is -2.36. The number of likely N-dealkylation sites (tertiary alicyclic amines) is 1. The summed E-state index contributed by atoms with van der Waals surface area (Å²) in [6.45, 7) is 9.77. The smallest absolute Gasteiger partial charge is 0.379 e. The van der Waals surface area contributed by atoms with E-state index in [2.05, 4.69) is 15.5 Å². The van der Waals surface area contributed by atoms with E-state index in [-0.39, 0.29) is 30.9 Å². The van der Waals surface area contributed by atoms with Crippen molar-refractivity contribution in [3.63, 3.8) is 0 Å². The lowest BCUT2D eigenvalue weighted by Crippen LogP contribution is -2.60. The van der Waals surface area contributed by atoms with E-state index in [0.717, 1.165) is 18.0 Å². The van der Waals surface area contributed by atoms with Crippen LogP contribution in [-0.2, 0) is 19.1 Å². The summed E-state index contributed by atoms with van der Waals surface area (Å²) in [7, 11) is 1.68. The van der Waals surface area contributed by atoms with Gasteiger partial charge in [-0.3, -0.25) is 39.1 Å². The Labute approximate surface area is 276 Å². The van der Waals surface area contributed by atoms with Gasteiger partial charge in [-0.1, -0.05) is 27.7 Å². The summed E-state index contributed by atoms with van der Waals surface area (Å²) in [5, 5.41) is 4.71. The fourth-order valence-electron chi connectivity index (χ4n) is 5.81. The number of ether oxygens (including phenoxy) is 1. The van der Waals surface area contributed by atoms with E-state index in [1.165, 1.54) is 38.1 Å². The molecule has 0 spiro atoms. The number of rotatable bonds is 13. The fourth-order valence-corrected chi connectivity index (χ4v) is 5.81. The molecule has 2 heterocycles. The second-order valence-corrected chi connectivity index (χ2v) is 12.8. The van der Waals surface area contributed by atoms with Crippen molar-refractivity contribution in [2.45, 2.75) is 70.8 Å². The lowest BCUT2D eigenvalue weighted by atomic mass is 9.93. The molecule has 2 saturated heterocycles. The zero-order chi connectivity index (χ0) is 36.0. The van der Waals surface area contributed by atoms with Crippen molar-refractivity contribution in [3.05, 3.63) is 35.4 Å². The summed E-state index contributed by atoms with van der Waals surface area (Å²) in [5.41, 5.74) is 0.491. The van der Waals surface area contributed by atoms with Crippen molar-refractivity contribution >= 4 is 29.4 Å². The molecule has 3 atom stereocenters. The number of nitrogens with zero attached hydrogens (tertiary/aromatic N) is 3. The number of halogens is 5. The molecule has 0 bridgehead atoms. The summed E-state index contributed by atoms with van der Waals surface area (Å²) < 4.78 is 72.5. The molecule has 2 aliphatic heterocycles. The van der Waals surface area contributed by atoms with Crippen molar-refractivity contribution in [2.24, 2.45) is 11.8 Å². The van der Waals surface area contributed by atoms with Crippen LogP contribution >= 0.6 is 0 Å². The Kier molecular flexibility index (Phi) is 13.2. The minimum Gasteiger partial charge on any atom is -0.379 e. The molecule has 0 aliphatic carbocycles. The highest BCUT2D eigenvalue weighted by Crippen LogP contribution is 2.39. The number of imide groups is 1. The van der Waals surface area contributed by atoms with Crippen molar-refractivity contribution in [1.29, 1.82) is 0 Å². The Morgan fingerprint density at radius 3 is 2.04 bits per heavy atom. The van der Waals surface area contributed by atoms with E-state index in [0.29, 0.717) is 31.9 Å². The molecule has 1 aromatic rings. The Hall–Kier alpha value is -3.50. The molecule has 0 radical (unpaired) electrons. The third-order valence-electron chi connectivity index (χ3n) is 8.60. The quantitative estimate of drug-likeness (QED) is 0.303. The molecule has 0 saturated carbocycles. The maximum absolute atomic E-state index is 14.1. The molecule has 11 nitrogen and oxygen atoms in total. The maximum Gasteiger partial charge on any atom is 0.461 e. The number of hydrogen-bond donors (Lipinski definition) is 2. The number of amides is 4. The second-order valence-electron chi connectivity index (χ2n) is 12.8. The van der Waals surface area contributed by atoms with Crippen molar-refractivity contribution in [2.75, 3.05) is 53.0 Å². The Balaban J connectivity index is 1.64. The number of morpholine rings is 1. The molecule has 1 unspecified atom stereocenters. The molecule has 2 fully saturated rings. The van der Waals surface area contributed by atoms with Gasteiger partial charge in [-0.2, -0.15) is 22.0 Å². The lowest BCUT2D eigenvalue weighted by molar-refractivity contribution is -0.271. The average molecular weight is 690 g/mol. The number of benzene rings is 1. The minimum atomic E-state index is -6.11. The number of ketones is 1. The van der Waals surface area contributed by atoms with Crippen molar-refractivity contribution in [3.8, 4) is 0 Å². The van der Waals surface area contributed by atoms with Gasteiger partial charge >= 0.3 is 12.1 Å². The molecule has 0 aromatic heterocycles. The molecular weight excluding hydrogens is 645 g/mol. The van der Waals surface area contributed by atoms with Crippen LogP contribution in [0.25, 0.3) is 0 Å². The van der Waals surface area contributed by atoms with Gasteiger partial charge in [0, 0.05) is 44.4 Å². The molecule has 1 aromatic carbocycles. The van der Waals surface area contributed by atoms with Gasteiger partial charge in [-0.05, 0) is 55.5 Å². The number of likely N-dealkylation sites (N-methyl/N-ethyl adjacent to an activating group) is 1. The van der Waals surface area contributed by atoms with Crippen LogP contribution in [0.3, 0.4) is 0 Å². The largest absolute Gasteiger partial charge is 0.461 e. The Morgan fingerprint density at radius 2 is 1.50 bits per heavy atom. The van der Waals surface area contributed by atoms with Crippen LogP contribution < -0.4 is 10.6 Å². The fraction of sp³-hybridized carbons (Fsp3) is 0.656. The molecule has 16 heteroatoms. The van der Waals surface area contributed by atoms with Gasteiger partial charge in [-0.15, -0.1) is 0 Å². The number of carbonyl (C=O) groups is 5. The maximum atomic E-state index is 14.1. The highest BCUT2D eigenvalue weighted by atomic mass is 19.4. The molecule has 2 N–H and O–H groups in total. The Bertz CT molecular complexity index is 1320. The van der Waals surface area contributed by atoms with E-state index in [1.807, 2.05) is 0 Å². The average Bonchev–Trinajstić information content (AvgIpc) is 3.51. The van der Waals surface area contributed by atoms with Gasteiger partial charge in [0.2, 0.25) is 17.6 Å². The van der Waals surface area contributed by atoms with Crippen LogP contribution in [0.2, 0.25) is 0 Å². The number of Topliss-reactive ketones (excluding diaryl/α,β-unsaturated/α-hetero) is 1. The topological polar surface area (TPSA) is 128 Å². The first-order valence-electron chi connectivity index (χ1n) is 15.9. The number of alkyl halides is 5. The molecular formula is C32H44F5N5O6. The highest BCUT2D eigenvalue weighted by molar-refractivity contribution is 6.04. The third kappa shape index (κ3) is 9.35. The molecule has 4 amide bonds. The summed E-state index contributed by atoms with van der Waals surface area (Å²) in [5.74, 6) is -12.3. The predicted octanol–water partition coefficient (Wildman–Crippen LogP) is 2.74. The minimum absolute atomic E-state index is 0.0133. The number of hydrogen-bond acceptors (Lipinski definition) is 8. The number of carbonyl (C=O) groups excluding carboxylic acids is 5. The van der Waals surface area contributed by atoms with Crippen LogP contribution in [0, 0.1) is 11.8 Å². The first-order chi connectivity index (χ1) is 22.4. The SMILES string of the molecule is CC(C)C(C(=O)C(F)(F)C(F)(F)F)N1CCC[C@H]1C(=O)NC(=O)[C@@H](NC(=O)c1ccc(C(=O)N(C)CCN2CCOCC2)cc1)C(C)C. The Morgan fingerprint density at radius 1 is 0.917 bits per heavy atom. The predicted molar refractivity (Wildman–Crippen MR) is 164 cm³/mol. The van der Waals surface area contributed by atoms with Crippen molar-refractivity contribution in [1.82, 2.24) is 25.3 Å². The van der Waals surface area contributed by atoms with Gasteiger partial charge in [0.1, 0.15) is 6.04 Å². The highest BCUT2D eigenvalue weighted by Gasteiger charge is 2.65. The summed E-state index contributed by atoms with van der Waals surface area (Å²) in [6.07, 6.45) is -5.88. The first kappa shape index (κ1) is 38.9. The zero-order valence-corrected chi connectivity index (χ0v) is 27.7. The monoisotopic (exact) mass is 689 g/mol. The second kappa shape index (κ2) is 16.3. The van der Waals surface area contributed by atoms with Crippen molar-refractivity contribution < 1.29 is 50.7 Å². The van der Waals surface area contributed by atoms with E-state index < -0.39 is 65.6 Å². The number of nitrogens with one attached hydrogen (secondary N) is 2. The van der Waals surface area contributed by atoms with Gasteiger partial charge in [0.15, 0.2) is 0 Å². The molecule has 2 aliphatic rings. The van der Waals surface area contributed by atoms with Gasteiger partial charge in [0.25, 0.3) is 11.8 Å². The summed E-state index contributed by atoms with van der Waals surface area (Å²) in [6, 6.07) is 1.33. The van der Waals surface area contributed by atoms with E-state index >= 15 is 0 Å². The first-order valence-corrected chi connectivity index (χ1v) is 15.9. The van der Waals surface area contributed by atoms with Crippen LogP contribution in [0.15, 0.2) is 24.3 Å². The van der Waals surface area contributed by atoms with E-state index in [4.69, 9.17) is 4.74 Å². The normalized spacial score (nSPS) is 19.2.